The van der Waals surface area contributed by atoms with Crippen LogP contribution in [0.1, 0.15) is 79.1 Å². The molecule has 1 aliphatic carbocycles. The van der Waals surface area contributed by atoms with Gasteiger partial charge in [0.1, 0.15) is 6.10 Å². The summed E-state index contributed by atoms with van der Waals surface area (Å²) in [5.41, 5.74) is 0. The molecule has 0 aromatic carbocycles. The number of hydrogen-bond acceptors (Lipinski definition) is 4. The SMILES string of the molecule is CC(C)C(OC(=O)CCCC(=O)OCC1CCCCC1)C(C)C. The van der Waals surface area contributed by atoms with E-state index in [-0.39, 0.29) is 24.5 Å². The molecule has 0 N–H and O–H groups in total. The number of ether oxygens (including phenoxy) is 2. The molecule has 4 nitrogen and oxygen atoms in total. The van der Waals surface area contributed by atoms with Gasteiger partial charge in [0.25, 0.3) is 0 Å². The molecule has 0 heterocycles. The van der Waals surface area contributed by atoms with E-state index in [0.717, 1.165) is 0 Å². The maximum absolute atomic E-state index is 11.9. The minimum absolute atomic E-state index is 0.0549. The van der Waals surface area contributed by atoms with Gasteiger partial charge in [-0.05, 0) is 37.0 Å². The lowest BCUT2D eigenvalue weighted by Crippen LogP contribution is -2.28. The van der Waals surface area contributed by atoms with E-state index >= 15 is 0 Å². The Balaban J connectivity index is 2.14. The Hall–Kier alpha value is -1.06. The molecule has 0 aromatic heterocycles. The normalized spacial score (nSPS) is 16.1. The van der Waals surface area contributed by atoms with E-state index in [1.165, 1.54) is 32.1 Å². The lowest BCUT2D eigenvalue weighted by molar-refractivity contribution is -0.154. The summed E-state index contributed by atoms with van der Waals surface area (Å²) in [5, 5.41) is 0. The largest absolute Gasteiger partial charge is 0.465 e. The second kappa shape index (κ2) is 10.7. The number of carbonyl (C=O) groups excluding carboxylic acids is 2. The molecule has 0 atom stereocenters. The lowest BCUT2D eigenvalue weighted by atomic mass is 9.90. The minimum Gasteiger partial charge on any atom is -0.465 e. The Morgan fingerprint density at radius 2 is 1.48 bits per heavy atom. The van der Waals surface area contributed by atoms with E-state index in [1.807, 2.05) is 0 Å². The zero-order chi connectivity index (χ0) is 17.2. The number of hydrogen-bond donors (Lipinski definition) is 0. The summed E-state index contributed by atoms with van der Waals surface area (Å²) in [6.45, 7) is 8.77. The fourth-order valence-electron chi connectivity index (χ4n) is 3.27. The van der Waals surface area contributed by atoms with Crippen LogP contribution >= 0.6 is 0 Å². The summed E-state index contributed by atoms with van der Waals surface area (Å²) in [4.78, 5) is 23.6. The van der Waals surface area contributed by atoms with Gasteiger partial charge < -0.3 is 9.47 Å². The molecule has 0 unspecified atom stereocenters. The van der Waals surface area contributed by atoms with Crippen LogP contribution in [-0.2, 0) is 19.1 Å². The summed E-state index contributed by atoms with van der Waals surface area (Å²) < 4.78 is 10.8. The van der Waals surface area contributed by atoms with E-state index in [0.29, 0.717) is 37.2 Å². The Kier molecular flexibility index (Phi) is 9.27. The summed E-state index contributed by atoms with van der Waals surface area (Å²) in [6, 6.07) is 0. The standard InChI is InChI=1S/C19H34O4/c1-14(2)19(15(3)4)23-18(21)12-8-11-17(20)22-13-16-9-6-5-7-10-16/h14-16,19H,5-13H2,1-4H3. The fourth-order valence-corrected chi connectivity index (χ4v) is 3.27. The molecule has 0 spiro atoms. The molecule has 0 saturated heterocycles. The maximum atomic E-state index is 11.9. The Morgan fingerprint density at radius 1 is 0.913 bits per heavy atom. The molecule has 4 heteroatoms. The Labute approximate surface area is 141 Å². The van der Waals surface area contributed by atoms with Crippen molar-refractivity contribution in [3.63, 3.8) is 0 Å². The van der Waals surface area contributed by atoms with Crippen LogP contribution in [0.5, 0.6) is 0 Å². The van der Waals surface area contributed by atoms with Crippen LogP contribution in [0.2, 0.25) is 0 Å². The predicted molar refractivity (Wildman–Crippen MR) is 90.9 cm³/mol. The summed E-state index contributed by atoms with van der Waals surface area (Å²) in [5.74, 6) is 0.749. The quantitative estimate of drug-likeness (QED) is 0.585. The topological polar surface area (TPSA) is 52.6 Å². The van der Waals surface area contributed by atoms with Crippen molar-refractivity contribution in [3.05, 3.63) is 0 Å². The number of rotatable bonds is 9. The third-order valence-electron chi connectivity index (χ3n) is 4.55. The average molecular weight is 326 g/mol. The van der Waals surface area contributed by atoms with Crippen LogP contribution in [0.25, 0.3) is 0 Å². The van der Waals surface area contributed by atoms with Crippen molar-refractivity contribution in [1.29, 1.82) is 0 Å². The van der Waals surface area contributed by atoms with Crippen molar-refractivity contribution in [2.24, 2.45) is 17.8 Å². The first-order valence-corrected chi connectivity index (χ1v) is 9.25. The highest BCUT2D eigenvalue weighted by atomic mass is 16.5. The average Bonchev–Trinajstić information content (AvgIpc) is 2.51. The van der Waals surface area contributed by atoms with Gasteiger partial charge in [0.2, 0.25) is 0 Å². The molecule has 23 heavy (non-hydrogen) atoms. The smallest absolute Gasteiger partial charge is 0.306 e. The van der Waals surface area contributed by atoms with Crippen LogP contribution in [-0.4, -0.2) is 24.6 Å². The van der Waals surface area contributed by atoms with Gasteiger partial charge >= 0.3 is 11.9 Å². The van der Waals surface area contributed by atoms with Crippen molar-refractivity contribution < 1.29 is 19.1 Å². The zero-order valence-electron chi connectivity index (χ0n) is 15.3. The fraction of sp³-hybridized carbons (Fsp3) is 0.895. The first kappa shape index (κ1) is 20.0. The van der Waals surface area contributed by atoms with E-state index in [2.05, 4.69) is 27.7 Å². The molecule has 1 saturated carbocycles. The zero-order valence-corrected chi connectivity index (χ0v) is 15.3. The molecule has 0 amide bonds. The molecule has 1 rings (SSSR count). The van der Waals surface area contributed by atoms with Gasteiger partial charge in [0.05, 0.1) is 6.61 Å². The third-order valence-corrected chi connectivity index (χ3v) is 4.55. The van der Waals surface area contributed by atoms with Crippen molar-refractivity contribution >= 4 is 11.9 Å². The monoisotopic (exact) mass is 326 g/mol. The molecular formula is C19H34O4. The maximum Gasteiger partial charge on any atom is 0.306 e. The Morgan fingerprint density at radius 3 is 2.04 bits per heavy atom. The second-order valence-electron chi connectivity index (χ2n) is 7.48. The van der Waals surface area contributed by atoms with Crippen molar-refractivity contribution in [2.75, 3.05) is 6.61 Å². The van der Waals surface area contributed by atoms with Gasteiger partial charge in [-0.15, -0.1) is 0 Å². The minimum atomic E-state index is -0.211. The van der Waals surface area contributed by atoms with Crippen LogP contribution < -0.4 is 0 Å². The van der Waals surface area contributed by atoms with Crippen LogP contribution in [0.4, 0.5) is 0 Å². The second-order valence-corrected chi connectivity index (χ2v) is 7.48. The van der Waals surface area contributed by atoms with Crippen molar-refractivity contribution in [3.8, 4) is 0 Å². The molecule has 0 aromatic rings. The molecule has 1 fully saturated rings. The van der Waals surface area contributed by atoms with Crippen LogP contribution in [0.15, 0.2) is 0 Å². The lowest BCUT2D eigenvalue weighted by Gasteiger charge is -2.24. The highest BCUT2D eigenvalue weighted by Crippen LogP contribution is 2.24. The van der Waals surface area contributed by atoms with Gasteiger partial charge in [-0.25, -0.2) is 0 Å². The molecule has 134 valence electrons. The molecular weight excluding hydrogens is 292 g/mol. The molecule has 1 aliphatic rings. The van der Waals surface area contributed by atoms with Gasteiger partial charge in [-0.2, -0.15) is 0 Å². The van der Waals surface area contributed by atoms with Crippen molar-refractivity contribution in [2.45, 2.75) is 85.2 Å². The van der Waals surface area contributed by atoms with Gasteiger partial charge in [0.15, 0.2) is 0 Å². The van der Waals surface area contributed by atoms with Gasteiger partial charge in [-0.3, -0.25) is 9.59 Å². The first-order chi connectivity index (χ1) is 10.9. The predicted octanol–water partition coefficient (Wildman–Crippen LogP) is 4.50. The molecule has 0 radical (unpaired) electrons. The summed E-state index contributed by atoms with van der Waals surface area (Å²) >= 11 is 0. The highest BCUT2D eigenvalue weighted by molar-refractivity contribution is 5.72. The third kappa shape index (κ3) is 8.38. The van der Waals surface area contributed by atoms with E-state index in [1.54, 1.807) is 0 Å². The van der Waals surface area contributed by atoms with Gasteiger partial charge in [-0.1, -0.05) is 47.0 Å². The summed E-state index contributed by atoms with van der Waals surface area (Å²) in [6.07, 6.45) is 7.19. The molecule has 0 bridgehead atoms. The van der Waals surface area contributed by atoms with Crippen LogP contribution in [0.3, 0.4) is 0 Å². The number of esters is 2. The van der Waals surface area contributed by atoms with E-state index in [4.69, 9.17) is 9.47 Å². The summed E-state index contributed by atoms with van der Waals surface area (Å²) in [7, 11) is 0. The molecule has 0 aliphatic heterocycles. The van der Waals surface area contributed by atoms with E-state index in [9.17, 15) is 9.59 Å². The highest BCUT2D eigenvalue weighted by Gasteiger charge is 2.22. The van der Waals surface area contributed by atoms with E-state index < -0.39 is 0 Å². The van der Waals surface area contributed by atoms with Crippen molar-refractivity contribution in [1.82, 2.24) is 0 Å². The Bertz CT molecular complexity index is 348. The van der Waals surface area contributed by atoms with Crippen LogP contribution in [0, 0.1) is 17.8 Å². The first-order valence-electron chi connectivity index (χ1n) is 9.25. The van der Waals surface area contributed by atoms with Gasteiger partial charge in [0, 0.05) is 12.8 Å². The number of carbonyl (C=O) groups is 2.